The lowest BCUT2D eigenvalue weighted by Gasteiger charge is -2.13. The zero-order chi connectivity index (χ0) is 12.3. The van der Waals surface area contributed by atoms with Crippen LogP contribution in [0.2, 0.25) is 4.34 Å². The summed E-state index contributed by atoms with van der Waals surface area (Å²) in [6.45, 7) is 2.07. The highest BCUT2D eigenvalue weighted by Gasteiger charge is 2.08. The Morgan fingerprint density at radius 1 is 1.35 bits per heavy atom. The molecule has 0 aliphatic rings. The molecule has 2 N–H and O–H groups in total. The summed E-state index contributed by atoms with van der Waals surface area (Å²) in [6.07, 6.45) is 1.72. The van der Waals surface area contributed by atoms with Gasteiger partial charge >= 0.3 is 0 Å². The number of hydrogen-bond acceptors (Lipinski definition) is 5. The van der Waals surface area contributed by atoms with Crippen LogP contribution in [0.1, 0.15) is 17.8 Å². The average Bonchev–Trinajstić information content (AvgIpc) is 2.76. The maximum absolute atomic E-state index is 5.91. The Bertz CT molecular complexity index is 500. The van der Waals surface area contributed by atoms with Gasteiger partial charge in [-0.25, -0.2) is 4.98 Å². The van der Waals surface area contributed by atoms with Crippen LogP contribution in [-0.2, 0) is 0 Å². The Hall–Kier alpha value is -1.33. The van der Waals surface area contributed by atoms with Gasteiger partial charge in [-0.15, -0.1) is 11.3 Å². The van der Waals surface area contributed by atoms with Gasteiger partial charge in [0.05, 0.1) is 10.4 Å². The molecule has 4 nitrogen and oxygen atoms in total. The quantitative estimate of drug-likeness (QED) is 0.892. The molecule has 0 saturated carbocycles. The fourth-order valence-electron chi connectivity index (χ4n) is 1.41. The monoisotopic (exact) mass is 268 g/mol. The number of rotatable bonds is 4. The predicted octanol–water partition coefficient (Wildman–Crippen LogP) is 3.41. The van der Waals surface area contributed by atoms with E-state index in [4.69, 9.17) is 11.6 Å². The van der Waals surface area contributed by atoms with Crippen molar-refractivity contribution >= 4 is 34.7 Å². The fourth-order valence-corrected chi connectivity index (χ4v) is 2.48. The lowest BCUT2D eigenvalue weighted by molar-refractivity contribution is 0.894. The Balaban J connectivity index is 2.09. The molecule has 0 spiro atoms. The fraction of sp³-hybridized carbons (Fsp3) is 0.273. The van der Waals surface area contributed by atoms with E-state index in [1.165, 1.54) is 4.88 Å². The smallest absolute Gasteiger partial charge is 0.224 e. The Kier molecular flexibility index (Phi) is 3.81. The van der Waals surface area contributed by atoms with Crippen LogP contribution in [0.25, 0.3) is 0 Å². The van der Waals surface area contributed by atoms with Gasteiger partial charge in [0.15, 0.2) is 0 Å². The molecule has 2 rings (SSSR count). The van der Waals surface area contributed by atoms with Gasteiger partial charge < -0.3 is 10.6 Å². The minimum absolute atomic E-state index is 0.173. The lowest BCUT2D eigenvalue weighted by Crippen LogP contribution is -2.07. The Morgan fingerprint density at radius 2 is 2.18 bits per heavy atom. The highest BCUT2D eigenvalue weighted by molar-refractivity contribution is 7.16. The summed E-state index contributed by atoms with van der Waals surface area (Å²) in [5, 5.41) is 6.21. The molecule has 0 aliphatic heterocycles. The molecule has 2 aromatic rings. The zero-order valence-electron chi connectivity index (χ0n) is 9.57. The first-order valence-corrected chi connectivity index (χ1v) is 6.41. The van der Waals surface area contributed by atoms with Crippen LogP contribution in [0.5, 0.6) is 0 Å². The number of nitrogens with zero attached hydrogens (tertiary/aromatic N) is 2. The van der Waals surface area contributed by atoms with Crippen LogP contribution >= 0.6 is 22.9 Å². The second-order valence-corrected chi connectivity index (χ2v) is 5.27. The molecule has 2 heterocycles. The number of halogens is 1. The van der Waals surface area contributed by atoms with Crippen molar-refractivity contribution in [3.8, 4) is 0 Å². The van der Waals surface area contributed by atoms with Gasteiger partial charge in [-0.3, -0.25) is 0 Å². The summed E-state index contributed by atoms with van der Waals surface area (Å²) in [4.78, 5) is 9.54. The first-order valence-electron chi connectivity index (χ1n) is 5.21. The van der Waals surface area contributed by atoms with E-state index < -0.39 is 0 Å². The molecule has 0 bridgehead atoms. The van der Waals surface area contributed by atoms with Crippen LogP contribution in [-0.4, -0.2) is 17.0 Å². The van der Waals surface area contributed by atoms with Crippen LogP contribution in [0.3, 0.4) is 0 Å². The maximum Gasteiger partial charge on any atom is 0.224 e. The van der Waals surface area contributed by atoms with Crippen LogP contribution in [0.4, 0.5) is 11.8 Å². The minimum Gasteiger partial charge on any atom is -0.363 e. The zero-order valence-corrected chi connectivity index (χ0v) is 11.1. The van der Waals surface area contributed by atoms with E-state index in [0.29, 0.717) is 5.95 Å². The van der Waals surface area contributed by atoms with Gasteiger partial charge in [0.25, 0.3) is 0 Å². The number of thiophene rings is 1. The second kappa shape index (κ2) is 5.33. The molecule has 1 atom stereocenters. The first-order chi connectivity index (χ1) is 8.19. The van der Waals surface area contributed by atoms with Crippen molar-refractivity contribution in [2.75, 3.05) is 17.7 Å². The lowest BCUT2D eigenvalue weighted by atomic mass is 10.3. The highest BCUT2D eigenvalue weighted by Crippen LogP contribution is 2.28. The van der Waals surface area contributed by atoms with E-state index in [1.807, 2.05) is 18.2 Å². The SMILES string of the molecule is CNc1nccc(NC(C)c2ccc(Cl)s2)n1. The third kappa shape index (κ3) is 3.08. The van der Waals surface area contributed by atoms with Gasteiger partial charge in [0.2, 0.25) is 5.95 Å². The molecule has 0 amide bonds. The summed E-state index contributed by atoms with van der Waals surface area (Å²) >= 11 is 7.48. The van der Waals surface area contributed by atoms with Gasteiger partial charge in [-0.2, -0.15) is 4.98 Å². The van der Waals surface area contributed by atoms with Crippen molar-refractivity contribution in [2.45, 2.75) is 13.0 Å². The van der Waals surface area contributed by atoms with Crippen molar-refractivity contribution < 1.29 is 0 Å². The van der Waals surface area contributed by atoms with Gasteiger partial charge in [-0.1, -0.05) is 11.6 Å². The largest absolute Gasteiger partial charge is 0.363 e. The third-order valence-corrected chi connectivity index (χ3v) is 3.68. The molecule has 17 heavy (non-hydrogen) atoms. The van der Waals surface area contributed by atoms with Crippen LogP contribution in [0.15, 0.2) is 24.4 Å². The van der Waals surface area contributed by atoms with E-state index in [2.05, 4.69) is 27.5 Å². The van der Waals surface area contributed by atoms with Gasteiger partial charge in [0, 0.05) is 18.1 Å². The molecule has 0 aromatic carbocycles. The minimum atomic E-state index is 0.173. The summed E-state index contributed by atoms with van der Waals surface area (Å²) in [5.74, 6) is 1.40. The molecular weight excluding hydrogens is 256 g/mol. The molecular formula is C11H13ClN4S. The molecule has 90 valence electrons. The van der Waals surface area contributed by atoms with Crippen molar-refractivity contribution in [2.24, 2.45) is 0 Å². The molecule has 0 radical (unpaired) electrons. The normalized spacial score (nSPS) is 12.2. The van der Waals surface area contributed by atoms with Crippen molar-refractivity contribution in [1.29, 1.82) is 0 Å². The number of aromatic nitrogens is 2. The van der Waals surface area contributed by atoms with Gasteiger partial charge in [-0.05, 0) is 25.1 Å². The molecule has 0 aliphatic carbocycles. The molecule has 6 heteroatoms. The standard InChI is InChI=1S/C11H13ClN4S/c1-7(8-3-4-9(12)17-8)15-10-5-6-14-11(13-2)16-10/h3-7H,1-2H3,(H2,13,14,15,16). The summed E-state index contributed by atoms with van der Waals surface area (Å²) in [6, 6.07) is 5.93. The number of anilines is 2. The van der Waals surface area contributed by atoms with Crippen LogP contribution in [0, 0.1) is 0 Å². The van der Waals surface area contributed by atoms with Crippen LogP contribution < -0.4 is 10.6 Å². The highest BCUT2D eigenvalue weighted by atomic mass is 35.5. The van der Waals surface area contributed by atoms with E-state index in [9.17, 15) is 0 Å². The maximum atomic E-state index is 5.91. The molecule has 1 unspecified atom stereocenters. The first kappa shape index (κ1) is 12.1. The molecule has 0 fully saturated rings. The topological polar surface area (TPSA) is 49.8 Å². The van der Waals surface area contributed by atoms with E-state index in [-0.39, 0.29) is 6.04 Å². The molecule has 0 saturated heterocycles. The third-order valence-electron chi connectivity index (χ3n) is 2.26. The Labute approximate surface area is 109 Å². The number of hydrogen-bond donors (Lipinski definition) is 2. The second-order valence-electron chi connectivity index (χ2n) is 3.52. The Morgan fingerprint density at radius 3 is 2.82 bits per heavy atom. The predicted molar refractivity (Wildman–Crippen MR) is 72.9 cm³/mol. The summed E-state index contributed by atoms with van der Waals surface area (Å²) < 4.78 is 0.798. The van der Waals surface area contributed by atoms with Crippen molar-refractivity contribution in [3.05, 3.63) is 33.6 Å². The van der Waals surface area contributed by atoms with E-state index in [0.717, 1.165) is 10.2 Å². The average molecular weight is 269 g/mol. The van der Waals surface area contributed by atoms with Gasteiger partial charge in [0.1, 0.15) is 5.82 Å². The van der Waals surface area contributed by atoms with Crippen molar-refractivity contribution in [3.63, 3.8) is 0 Å². The van der Waals surface area contributed by atoms with E-state index >= 15 is 0 Å². The van der Waals surface area contributed by atoms with Crippen molar-refractivity contribution in [1.82, 2.24) is 9.97 Å². The number of nitrogens with one attached hydrogen (secondary N) is 2. The summed E-state index contributed by atoms with van der Waals surface area (Å²) in [5.41, 5.74) is 0. The molecule has 2 aromatic heterocycles. The van der Waals surface area contributed by atoms with E-state index in [1.54, 1.807) is 24.6 Å². The summed E-state index contributed by atoms with van der Waals surface area (Å²) in [7, 11) is 1.79.